The van der Waals surface area contributed by atoms with Crippen LogP contribution in [0.1, 0.15) is 21.6 Å². The minimum Gasteiger partial charge on any atom is -0.497 e. The van der Waals surface area contributed by atoms with Gasteiger partial charge >= 0.3 is 5.97 Å². The second kappa shape index (κ2) is 8.52. The van der Waals surface area contributed by atoms with Crippen LogP contribution in [0, 0.1) is 6.92 Å². The summed E-state index contributed by atoms with van der Waals surface area (Å²) in [5, 5.41) is 2.93. The molecule has 3 aromatic carbocycles. The molecule has 4 aromatic rings. The molecule has 0 aliphatic heterocycles. The Bertz CT molecular complexity index is 1280. The first-order valence-electron chi connectivity index (χ1n) is 10.0. The third kappa shape index (κ3) is 4.23. The number of likely N-dealkylation sites (N-methyl/N-ethyl adjacent to an activating group) is 1. The number of hydrogen-bond donors (Lipinski definition) is 1. The Morgan fingerprint density at radius 1 is 1.00 bits per heavy atom. The number of para-hydroxylation sites is 1. The predicted molar refractivity (Wildman–Crippen MR) is 120 cm³/mol. The molecule has 0 atom stereocenters. The molecule has 31 heavy (non-hydrogen) atoms. The number of fused-ring (bicyclic) bond motifs is 2. The largest absolute Gasteiger partial charge is 0.497 e. The Hall–Kier alpha value is -3.80. The molecular weight excluding hydrogens is 392 g/mol. The van der Waals surface area contributed by atoms with Crippen molar-refractivity contribution in [2.45, 2.75) is 13.5 Å². The Balaban J connectivity index is 1.40. The number of ether oxygens (including phenoxy) is 2. The molecule has 1 heterocycles. The summed E-state index contributed by atoms with van der Waals surface area (Å²) < 4.78 is 10.6. The normalized spacial score (nSPS) is 10.9. The summed E-state index contributed by atoms with van der Waals surface area (Å²) >= 11 is 0. The minimum atomic E-state index is -0.503. The van der Waals surface area contributed by atoms with Gasteiger partial charge in [0.1, 0.15) is 5.75 Å². The molecule has 1 N–H and O–H groups in total. The molecule has 0 unspecified atom stereocenters. The number of esters is 1. The fraction of sp³-hybridized carbons (Fsp3) is 0.200. The van der Waals surface area contributed by atoms with Crippen LogP contribution in [0.3, 0.4) is 0 Å². The van der Waals surface area contributed by atoms with E-state index in [4.69, 9.17) is 9.47 Å². The van der Waals surface area contributed by atoms with Crippen LogP contribution in [0.15, 0.2) is 60.7 Å². The molecule has 0 bridgehead atoms. The minimum absolute atomic E-state index is 0.263. The third-order valence-corrected chi connectivity index (χ3v) is 5.38. The van der Waals surface area contributed by atoms with Crippen LogP contribution in [-0.2, 0) is 16.1 Å². The smallest absolute Gasteiger partial charge is 0.341 e. The van der Waals surface area contributed by atoms with E-state index in [1.54, 1.807) is 19.1 Å². The number of methoxy groups -OCH3 is 1. The van der Waals surface area contributed by atoms with Crippen LogP contribution < -0.4 is 4.74 Å². The van der Waals surface area contributed by atoms with Crippen LogP contribution in [0.2, 0.25) is 0 Å². The van der Waals surface area contributed by atoms with Gasteiger partial charge in [-0.2, -0.15) is 0 Å². The van der Waals surface area contributed by atoms with E-state index in [2.05, 4.69) is 4.98 Å². The van der Waals surface area contributed by atoms with E-state index in [1.807, 2.05) is 67.6 Å². The van der Waals surface area contributed by atoms with E-state index >= 15 is 0 Å². The maximum atomic E-state index is 12.6. The number of amides is 1. The van der Waals surface area contributed by atoms with Crippen molar-refractivity contribution in [1.29, 1.82) is 0 Å². The molecule has 6 heteroatoms. The number of carbonyl (C=O) groups is 2. The average molecular weight is 416 g/mol. The van der Waals surface area contributed by atoms with Crippen molar-refractivity contribution in [3.05, 3.63) is 77.5 Å². The lowest BCUT2D eigenvalue weighted by Crippen LogP contribution is -2.30. The van der Waals surface area contributed by atoms with Crippen molar-refractivity contribution in [3.8, 4) is 5.75 Å². The molecule has 158 valence electrons. The fourth-order valence-corrected chi connectivity index (χ4v) is 3.71. The zero-order chi connectivity index (χ0) is 22.0. The van der Waals surface area contributed by atoms with E-state index < -0.39 is 5.97 Å². The van der Waals surface area contributed by atoms with Crippen molar-refractivity contribution < 1.29 is 19.1 Å². The topological polar surface area (TPSA) is 71.6 Å². The van der Waals surface area contributed by atoms with Crippen LogP contribution >= 0.6 is 0 Å². The average Bonchev–Trinajstić information content (AvgIpc) is 3.12. The maximum absolute atomic E-state index is 12.6. The monoisotopic (exact) mass is 416 g/mol. The first kappa shape index (κ1) is 20.5. The van der Waals surface area contributed by atoms with Gasteiger partial charge in [-0.1, -0.05) is 36.4 Å². The van der Waals surface area contributed by atoms with Gasteiger partial charge in [-0.25, -0.2) is 4.79 Å². The van der Waals surface area contributed by atoms with E-state index in [-0.39, 0.29) is 12.5 Å². The van der Waals surface area contributed by atoms with Crippen LogP contribution in [0.5, 0.6) is 5.75 Å². The highest BCUT2D eigenvalue weighted by Crippen LogP contribution is 2.23. The molecule has 0 radical (unpaired) electrons. The molecule has 1 aromatic heterocycles. The van der Waals surface area contributed by atoms with Gasteiger partial charge in [-0.3, -0.25) is 4.79 Å². The number of carbonyl (C=O) groups excluding carboxylic acids is 2. The number of aromatic amines is 1. The number of nitrogens with zero attached hydrogens (tertiary/aromatic N) is 1. The summed E-state index contributed by atoms with van der Waals surface area (Å²) in [5.41, 5.74) is 3.05. The molecule has 0 aliphatic rings. The maximum Gasteiger partial charge on any atom is 0.341 e. The molecule has 6 nitrogen and oxygen atoms in total. The zero-order valence-corrected chi connectivity index (χ0v) is 17.8. The van der Waals surface area contributed by atoms with Gasteiger partial charge < -0.3 is 19.4 Å². The van der Waals surface area contributed by atoms with Gasteiger partial charge in [0, 0.05) is 30.2 Å². The van der Waals surface area contributed by atoms with Gasteiger partial charge in [-0.05, 0) is 47.5 Å². The first-order chi connectivity index (χ1) is 15.0. The van der Waals surface area contributed by atoms with Crippen LogP contribution in [0.25, 0.3) is 21.7 Å². The van der Waals surface area contributed by atoms with Crippen molar-refractivity contribution in [2.24, 2.45) is 0 Å². The van der Waals surface area contributed by atoms with E-state index in [1.165, 1.54) is 0 Å². The lowest BCUT2D eigenvalue weighted by molar-refractivity contribution is -0.133. The van der Waals surface area contributed by atoms with Gasteiger partial charge in [0.05, 0.1) is 12.7 Å². The molecule has 1 amide bonds. The summed E-state index contributed by atoms with van der Waals surface area (Å²) in [6.45, 7) is 1.93. The first-order valence-corrected chi connectivity index (χ1v) is 10.0. The van der Waals surface area contributed by atoms with Crippen molar-refractivity contribution in [2.75, 3.05) is 20.8 Å². The number of hydrogen-bond acceptors (Lipinski definition) is 4. The molecule has 0 spiro atoms. The summed E-state index contributed by atoms with van der Waals surface area (Å²) in [6.07, 6.45) is 0. The van der Waals surface area contributed by atoms with Crippen molar-refractivity contribution >= 4 is 33.6 Å². The van der Waals surface area contributed by atoms with E-state index in [9.17, 15) is 9.59 Å². The highest BCUT2D eigenvalue weighted by Gasteiger charge is 2.19. The zero-order valence-electron chi connectivity index (χ0n) is 17.8. The lowest BCUT2D eigenvalue weighted by Gasteiger charge is -2.17. The molecule has 0 aliphatic carbocycles. The number of benzene rings is 3. The summed E-state index contributed by atoms with van der Waals surface area (Å²) in [4.78, 5) is 29.9. The molecular formula is C25H24N2O4. The Morgan fingerprint density at radius 3 is 2.55 bits per heavy atom. The number of nitrogens with one attached hydrogen (secondary N) is 1. The molecule has 0 fully saturated rings. The van der Waals surface area contributed by atoms with Gasteiger partial charge in [0.15, 0.2) is 6.61 Å². The summed E-state index contributed by atoms with van der Waals surface area (Å²) in [7, 11) is 3.34. The Morgan fingerprint density at radius 2 is 1.74 bits per heavy atom. The lowest BCUT2D eigenvalue weighted by atomic mass is 10.1. The second-order valence-corrected chi connectivity index (χ2v) is 7.54. The molecule has 4 rings (SSSR count). The summed E-state index contributed by atoms with van der Waals surface area (Å²) in [5.74, 6) is 0.0387. The van der Waals surface area contributed by atoms with Crippen molar-refractivity contribution in [3.63, 3.8) is 0 Å². The highest BCUT2D eigenvalue weighted by atomic mass is 16.5. The van der Waals surface area contributed by atoms with Crippen molar-refractivity contribution in [1.82, 2.24) is 9.88 Å². The molecule has 0 saturated carbocycles. The number of H-pyrrole nitrogens is 1. The van der Waals surface area contributed by atoms with Gasteiger partial charge in [0.2, 0.25) is 0 Å². The highest BCUT2D eigenvalue weighted by molar-refractivity contribution is 6.06. The third-order valence-electron chi connectivity index (χ3n) is 5.38. The SMILES string of the molecule is COc1ccc2cc(CN(C)C(=O)COC(=O)c3c(C)[nH]c4ccccc34)ccc2c1. The second-order valence-electron chi connectivity index (χ2n) is 7.54. The standard InChI is InChI=1S/C25H24N2O4/c1-16-24(21-6-4-5-7-22(21)26-16)25(29)31-15-23(28)27(2)14-17-8-9-19-13-20(30-3)11-10-18(19)12-17/h4-13,26H,14-15H2,1-3H3. The number of aryl methyl sites for hydroxylation is 1. The Kier molecular flexibility index (Phi) is 5.62. The Labute approximate surface area is 180 Å². The van der Waals surface area contributed by atoms with E-state index in [0.29, 0.717) is 12.1 Å². The number of rotatable bonds is 6. The quantitative estimate of drug-likeness (QED) is 0.471. The molecule has 0 saturated heterocycles. The predicted octanol–water partition coefficient (Wildman–Crippen LogP) is 4.45. The van der Waals surface area contributed by atoms with Crippen LogP contribution in [0.4, 0.5) is 0 Å². The number of aromatic nitrogens is 1. The summed E-state index contributed by atoms with van der Waals surface area (Å²) in [6, 6.07) is 19.4. The van der Waals surface area contributed by atoms with E-state index in [0.717, 1.165) is 38.7 Å². The van der Waals surface area contributed by atoms with Crippen LogP contribution in [-0.4, -0.2) is 42.5 Å². The van der Waals surface area contributed by atoms with Gasteiger partial charge in [-0.15, -0.1) is 0 Å². The van der Waals surface area contributed by atoms with Gasteiger partial charge in [0.25, 0.3) is 5.91 Å². The fourth-order valence-electron chi connectivity index (χ4n) is 3.71.